The van der Waals surface area contributed by atoms with Crippen LogP contribution in [0.4, 0.5) is 28.0 Å². The minimum Gasteiger partial charge on any atom is -0.433 e. The van der Waals surface area contributed by atoms with Crippen LogP contribution in [0.1, 0.15) is 29.0 Å². The van der Waals surface area contributed by atoms with Crippen molar-refractivity contribution in [2.24, 2.45) is 0 Å². The molecule has 0 fully saturated rings. The van der Waals surface area contributed by atoms with Crippen molar-refractivity contribution in [2.75, 3.05) is 11.4 Å². The van der Waals surface area contributed by atoms with Crippen molar-refractivity contribution in [1.29, 1.82) is 0 Å². The van der Waals surface area contributed by atoms with Gasteiger partial charge in [-0.1, -0.05) is 5.10 Å². The highest BCUT2D eigenvalue weighted by Gasteiger charge is 2.41. The van der Waals surface area contributed by atoms with Crippen molar-refractivity contribution in [2.45, 2.75) is 25.3 Å². The number of hydrogen-bond donors (Lipinski definition) is 1. The van der Waals surface area contributed by atoms with E-state index in [2.05, 4.69) is 30.0 Å². The van der Waals surface area contributed by atoms with Crippen LogP contribution in [0.25, 0.3) is 5.52 Å². The van der Waals surface area contributed by atoms with E-state index >= 15 is 0 Å². The number of ether oxygens (including phenoxy) is 1. The highest BCUT2D eigenvalue weighted by atomic mass is 19.4. The van der Waals surface area contributed by atoms with E-state index < -0.39 is 24.7 Å². The second-order valence-electron chi connectivity index (χ2n) is 6.65. The summed E-state index contributed by atoms with van der Waals surface area (Å²) >= 11 is 0. The molecule has 4 aromatic heterocycles. The molecule has 1 aliphatic heterocycles. The molecule has 0 bridgehead atoms. The number of aromatic amines is 1. The number of halogens is 5. The van der Waals surface area contributed by atoms with E-state index in [1.807, 2.05) is 0 Å². The normalized spacial score (nSPS) is 16.8. The summed E-state index contributed by atoms with van der Waals surface area (Å²) in [5, 5.41) is 11.0. The highest BCUT2D eigenvalue weighted by molar-refractivity contribution is 5.61. The van der Waals surface area contributed by atoms with E-state index in [9.17, 15) is 22.0 Å². The minimum atomic E-state index is -4.79. The lowest BCUT2D eigenvalue weighted by atomic mass is 10.0. The fourth-order valence-electron chi connectivity index (χ4n) is 3.57. The average Bonchev–Trinajstić information content (AvgIpc) is 3.44. The summed E-state index contributed by atoms with van der Waals surface area (Å²) < 4.78 is 75.1. The van der Waals surface area contributed by atoms with Crippen molar-refractivity contribution < 1.29 is 31.1 Å². The number of rotatable bonds is 4. The van der Waals surface area contributed by atoms with Crippen LogP contribution in [0.5, 0.6) is 5.75 Å². The van der Waals surface area contributed by atoms with Gasteiger partial charge in [-0.05, 0) is 18.2 Å². The second-order valence-corrected chi connectivity index (χ2v) is 6.65. The SMILES string of the molecule is FC(F)Oc1cccn2nc(C3c4nc[nH]c4CCN3c3nnc(C(F)(F)F)o3)cc12. The number of nitrogens with one attached hydrogen (secondary N) is 1. The molecule has 0 aromatic carbocycles. The van der Waals surface area contributed by atoms with Crippen LogP contribution in [0.15, 0.2) is 35.1 Å². The Morgan fingerprint density at radius 3 is 2.84 bits per heavy atom. The Kier molecular flexibility index (Phi) is 4.30. The first-order chi connectivity index (χ1) is 14.8. The maximum atomic E-state index is 12.9. The summed E-state index contributed by atoms with van der Waals surface area (Å²) in [5.41, 5.74) is 1.84. The number of imidazole rings is 1. The lowest BCUT2D eigenvalue weighted by molar-refractivity contribution is -0.157. The molecule has 0 spiro atoms. The Morgan fingerprint density at radius 1 is 1.26 bits per heavy atom. The Labute approximate surface area is 169 Å². The van der Waals surface area contributed by atoms with Gasteiger partial charge in [-0.3, -0.25) is 0 Å². The average molecular weight is 441 g/mol. The van der Waals surface area contributed by atoms with Gasteiger partial charge in [0.1, 0.15) is 11.6 Å². The fraction of sp³-hybridized carbons (Fsp3) is 0.294. The molecule has 0 amide bonds. The third kappa shape index (κ3) is 3.33. The number of alkyl halides is 5. The predicted molar refractivity (Wildman–Crippen MR) is 92.6 cm³/mol. The molecule has 0 saturated heterocycles. The topological polar surface area (TPSA) is 97.4 Å². The van der Waals surface area contributed by atoms with E-state index in [-0.39, 0.29) is 23.8 Å². The van der Waals surface area contributed by atoms with Gasteiger partial charge in [0.25, 0.3) is 0 Å². The number of aromatic nitrogens is 6. The Bertz CT molecular complexity index is 1230. The van der Waals surface area contributed by atoms with E-state index in [1.54, 1.807) is 0 Å². The molecule has 0 saturated carbocycles. The van der Waals surface area contributed by atoms with Crippen LogP contribution < -0.4 is 9.64 Å². The standard InChI is InChI=1S/C17H12F5N7O2/c18-15(19)30-11-2-1-4-29-10(11)6-9(27-29)13-12-8(23-7-24-12)3-5-28(13)16-26-25-14(31-16)17(20,21)22/h1-2,4,6-7,13,15H,3,5H2,(H,23,24). The van der Waals surface area contributed by atoms with E-state index in [4.69, 9.17) is 4.42 Å². The van der Waals surface area contributed by atoms with Gasteiger partial charge in [-0.15, -0.1) is 5.10 Å². The molecular formula is C17H12F5N7O2. The summed E-state index contributed by atoms with van der Waals surface area (Å²) in [5.74, 6) is -1.57. The lowest BCUT2D eigenvalue weighted by Gasteiger charge is -2.32. The number of hydrogen-bond acceptors (Lipinski definition) is 7. The minimum absolute atomic E-state index is 0.0991. The second kappa shape index (κ2) is 6.92. The van der Waals surface area contributed by atoms with Crippen LogP contribution in [0, 0.1) is 0 Å². The first-order valence-electron chi connectivity index (χ1n) is 8.94. The molecule has 1 atom stereocenters. The third-order valence-electron chi connectivity index (χ3n) is 4.81. The van der Waals surface area contributed by atoms with Crippen LogP contribution in [0.2, 0.25) is 0 Å². The number of fused-ring (bicyclic) bond motifs is 2. The van der Waals surface area contributed by atoms with Gasteiger partial charge in [-0.2, -0.15) is 27.1 Å². The zero-order valence-electron chi connectivity index (χ0n) is 15.3. The summed E-state index contributed by atoms with van der Waals surface area (Å²) in [7, 11) is 0. The zero-order valence-corrected chi connectivity index (χ0v) is 15.3. The van der Waals surface area contributed by atoms with E-state index in [0.717, 1.165) is 5.69 Å². The number of anilines is 1. The Morgan fingerprint density at radius 2 is 2.10 bits per heavy atom. The number of pyridine rings is 1. The highest BCUT2D eigenvalue weighted by Crippen LogP contribution is 2.38. The fourth-order valence-corrected chi connectivity index (χ4v) is 3.57. The molecule has 14 heteroatoms. The third-order valence-corrected chi connectivity index (χ3v) is 4.81. The molecule has 1 unspecified atom stereocenters. The van der Waals surface area contributed by atoms with Gasteiger partial charge in [0, 0.05) is 24.9 Å². The number of nitrogens with zero attached hydrogens (tertiary/aromatic N) is 6. The van der Waals surface area contributed by atoms with E-state index in [1.165, 1.54) is 40.1 Å². The quantitative estimate of drug-likeness (QED) is 0.486. The Balaban J connectivity index is 1.61. The van der Waals surface area contributed by atoms with Crippen molar-refractivity contribution in [1.82, 2.24) is 29.8 Å². The molecule has 9 nitrogen and oxygen atoms in total. The summed E-state index contributed by atoms with van der Waals surface area (Å²) in [6.07, 6.45) is -1.37. The molecule has 1 N–H and O–H groups in total. The van der Waals surface area contributed by atoms with Gasteiger partial charge in [-0.25, -0.2) is 9.50 Å². The van der Waals surface area contributed by atoms with Gasteiger partial charge >= 0.3 is 24.7 Å². The summed E-state index contributed by atoms with van der Waals surface area (Å²) in [4.78, 5) is 8.71. The van der Waals surface area contributed by atoms with Gasteiger partial charge < -0.3 is 19.0 Å². The van der Waals surface area contributed by atoms with Crippen LogP contribution in [0.3, 0.4) is 0 Å². The van der Waals surface area contributed by atoms with E-state index in [0.29, 0.717) is 17.8 Å². The molecule has 5 heterocycles. The monoisotopic (exact) mass is 441 g/mol. The molecular weight excluding hydrogens is 429 g/mol. The predicted octanol–water partition coefficient (Wildman–Crippen LogP) is 3.21. The van der Waals surface area contributed by atoms with Crippen molar-refractivity contribution in [3.63, 3.8) is 0 Å². The largest absolute Gasteiger partial charge is 0.470 e. The van der Waals surface area contributed by atoms with Gasteiger partial charge in [0.05, 0.1) is 17.7 Å². The summed E-state index contributed by atoms with van der Waals surface area (Å²) in [6, 6.07) is 3.19. The first kappa shape index (κ1) is 19.3. The van der Waals surface area contributed by atoms with Crippen molar-refractivity contribution >= 4 is 11.5 Å². The molecule has 1 aliphatic rings. The van der Waals surface area contributed by atoms with Crippen molar-refractivity contribution in [3.05, 3.63) is 53.7 Å². The lowest BCUT2D eigenvalue weighted by Crippen LogP contribution is -2.37. The Hall–Kier alpha value is -3.71. The molecule has 4 aromatic rings. The molecule has 162 valence electrons. The molecule has 5 rings (SSSR count). The zero-order chi connectivity index (χ0) is 21.8. The molecule has 0 radical (unpaired) electrons. The first-order valence-corrected chi connectivity index (χ1v) is 8.94. The van der Waals surface area contributed by atoms with Crippen molar-refractivity contribution in [3.8, 4) is 5.75 Å². The smallest absolute Gasteiger partial charge is 0.433 e. The van der Waals surface area contributed by atoms with Crippen LogP contribution >= 0.6 is 0 Å². The maximum absolute atomic E-state index is 12.9. The molecule has 0 aliphatic carbocycles. The summed E-state index contributed by atoms with van der Waals surface area (Å²) in [6.45, 7) is -2.80. The molecule has 31 heavy (non-hydrogen) atoms. The van der Waals surface area contributed by atoms with Gasteiger partial charge in [0.15, 0.2) is 5.75 Å². The maximum Gasteiger partial charge on any atom is 0.470 e. The van der Waals surface area contributed by atoms with Crippen LogP contribution in [-0.2, 0) is 12.6 Å². The van der Waals surface area contributed by atoms with Gasteiger partial charge in [0.2, 0.25) is 0 Å². The van der Waals surface area contributed by atoms with Crippen LogP contribution in [-0.4, -0.2) is 42.9 Å². The number of H-pyrrole nitrogens is 1.